The Labute approximate surface area is 206 Å². The van der Waals surface area contributed by atoms with Crippen LogP contribution in [0.2, 0.25) is 0 Å². The second-order valence-corrected chi connectivity index (χ2v) is 8.66. The fraction of sp³-hybridized carbons (Fsp3) is 0.192. The van der Waals surface area contributed by atoms with Gasteiger partial charge in [-0.25, -0.2) is 9.59 Å². The monoisotopic (exact) mass is 524 g/mol. The highest BCUT2D eigenvalue weighted by Crippen LogP contribution is 2.20. The molecule has 7 nitrogen and oxygen atoms in total. The predicted molar refractivity (Wildman–Crippen MR) is 132 cm³/mol. The van der Waals surface area contributed by atoms with Gasteiger partial charge in [0.1, 0.15) is 0 Å². The third-order valence-electron chi connectivity index (χ3n) is 5.40. The number of hydrogen-bond acceptors (Lipinski definition) is 4. The third-order valence-corrected chi connectivity index (χ3v) is 5.93. The number of piperazine rings is 1. The summed E-state index contributed by atoms with van der Waals surface area (Å²) in [5, 5.41) is 14.8. The molecule has 1 aliphatic rings. The molecule has 0 spiro atoms. The van der Waals surface area contributed by atoms with E-state index >= 15 is 0 Å². The molecule has 0 bridgehead atoms. The minimum absolute atomic E-state index is 0.128. The van der Waals surface area contributed by atoms with Crippen LogP contribution in [0.4, 0.5) is 0 Å². The Morgan fingerprint density at radius 2 is 1.24 bits per heavy atom. The lowest BCUT2D eigenvalue weighted by atomic mass is 10.0. The zero-order valence-corrected chi connectivity index (χ0v) is 20.0. The summed E-state index contributed by atoms with van der Waals surface area (Å²) in [6.45, 7) is 4.29. The summed E-state index contributed by atoms with van der Waals surface area (Å²) in [5.74, 6) is -3.52. The average molecular weight is 525 g/mol. The van der Waals surface area contributed by atoms with Gasteiger partial charge in [0.05, 0.1) is 0 Å². The lowest BCUT2D eigenvalue weighted by molar-refractivity contribution is -0.159. The van der Waals surface area contributed by atoms with Gasteiger partial charge in [0.2, 0.25) is 0 Å². The summed E-state index contributed by atoms with van der Waals surface area (Å²) in [6.07, 6.45) is 0. The predicted octanol–water partition coefficient (Wildman–Crippen LogP) is 4.23. The van der Waals surface area contributed by atoms with Crippen molar-refractivity contribution in [3.8, 4) is 11.1 Å². The third kappa shape index (κ3) is 7.26. The Morgan fingerprint density at radius 3 is 1.76 bits per heavy atom. The van der Waals surface area contributed by atoms with E-state index in [0.29, 0.717) is 0 Å². The molecule has 176 valence electrons. The highest BCUT2D eigenvalue weighted by atomic mass is 79.9. The van der Waals surface area contributed by atoms with Gasteiger partial charge in [0.15, 0.2) is 0 Å². The van der Waals surface area contributed by atoms with E-state index in [1.165, 1.54) is 11.1 Å². The molecule has 0 aromatic heterocycles. The maximum atomic E-state index is 12.9. The molecule has 0 atom stereocenters. The first-order valence-corrected chi connectivity index (χ1v) is 11.5. The van der Waals surface area contributed by atoms with Gasteiger partial charge in [-0.3, -0.25) is 9.69 Å². The molecule has 1 saturated heterocycles. The quantitative estimate of drug-likeness (QED) is 0.495. The Balaban J connectivity index is 0.000000481. The van der Waals surface area contributed by atoms with Crippen LogP contribution >= 0.6 is 15.9 Å². The molecular formula is C26H25BrN2O5. The number of rotatable bonds is 4. The summed E-state index contributed by atoms with van der Waals surface area (Å²) >= 11 is 3.48. The molecule has 1 fully saturated rings. The first-order chi connectivity index (χ1) is 16.3. The number of benzene rings is 3. The van der Waals surface area contributed by atoms with Crippen LogP contribution in [0.3, 0.4) is 0 Å². The van der Waals surface area contributed by atoms with Crippen LogP contribution in [0.15, 0.2) is 83.3 Å². The summed E-state index contributed by atoms with van der Waals surface area (Å²) in [5.41, 5.74) is 4.38. The molecule has 34 heavy (non-hydrogen) atoms. The van der Waals surface area contributed by atoms with E-state index < -0.39 is 11.9 Å². The van der Waals surface area contributed by atoms with Gasteiger partial charge in [-0.1, -0.05) is 70.5 Å². The topological polar surface area (TPSA) is 98.1 Å². The number of halogens is 1. The van der Waals surface area contributed by atoms with Crippen molar-refractivity contribution in [2.24, 2.45) is 0 Å². The van der Waals surface area contributed by atoms with Crippen LogP contribution in [-0.2, 0) is 16.1 Å². The van der Waals surface area contributed by atoms with Crippen LogP contribution < -0.4 is 0 Å². The molecule has 4 rings (SSSR count). The molecule has 1 aliphatic heterocycles. The number of carboxylic acids is 2. The molecule has 0 unspecified atom stereocenters. The lowest BCUT2D eigenvalue weighted by Gasteiger charge is -2.34. The lowest BCUT2D eigenvalue weighted by Crippen LogP contribution is -2.48. The number of carbonyl (C=O) groups is 3. The van der Waals surface area contributed by atoms with Gasteiger partial charge in [-0.2, -0.15) is 0 Å². The number of amides is 1. The van der Waals surface area contributed by atoms with Crippen molar-refractivity contribution in [3.63, 3.8) is 0 Å². The molecule has 8 heteroatoms. The normalized spacial score (nSPS) is 13.5. The van der Waals surface area contributed by atoms with E-state index in [1.54, 1.807) is 0 Å². The van der Waals surface area contributed by atoms with E-state index in [2.05, 4.69) is 57.2 Å². The van der Waals surface area contributed by atoms with Crippen molar-refractivity contribution < 1.29 is 24.6 Å². The Bertz CT molecular complexity index is 1100. The van der Waals surface area contributed by atoms with Gasteiger partial charge in [0, 0.05) is 42.8 Å². The number of carboxylic acid groups (broad SMARTS) is 2. The van der Waals surface area contributed by atoms with Crippen LogP contribution in [0, 0.1) is 0 Å². The largest absolute Gasteiger partial charge is 0.473 e. The molecule has 0 aliphatic carbocycles. The Kier molecular flexibility index (Phi) is 8.95. The zero-order valence-electron chi connectivity index (χ0n) is 18.4. The van der Waals surface area contributed by atoms with Crippen molar-refractivity contribution in [1.29, 1.82) is 0 Å². The number of hydrogen-bond donors (Lipinski definition) is 2. The number of aliphatic carboxylic acids is 2. The SMILES string of the molecule is O=C(O)C(=O)O.O=C(c1ccc(-c2ccccc2)cc1)N1CCN(Cc2ccc(Br)cc2)CC1. The molecule has 3 aromatic carbocycles. The molecule has 0 saturated carbocycles. The summed E-state index contributed by atoms with van der Waals surface area (Å²) in [4.78, 5) is 35.4. The van der Waals surface area contributed by atoms with Crippen LogP contribution in [-0.4, -0.2) is 64.0 Å². The molecule has 1 amide bonds. The molecule has 1 heterocycles. The smallest absolute Gasteiger partial charge is 0.414 e. The standard InChI is InChI=1S/C24H23BrN2O.C2H2O4/c25-23-12-6-19(7-13-23)18-26-14-16-27(17-15-26)24(28)22-10-8-21(9-11-22)20-4-2-1-3-5-20;3-1(4)2(5)6/h1-13H,14-18H2;(H,3,4)(H,5,6). The Hall–Kier alpha value is -3.49. The summed E-state index contributed by atoms with van der Waals surface area (Å²) < 4.78 is 1.10. The van der Waals surface area contributed by atoms with Gasteiger partial charge >= 0.3 is 11.9 Å². The van der Waals surface area contributed by atoms with Crippen LogP contribution in [0.5, 0.6) is 0 Å². The van der Waals surface area contributed by atoms with Gasteiger partial charge in [0.25, 0.3) is 5.91 Å². The van der Waals surface area contributed by atoms with Crippen molar-refractivity contribution >= 4 is 33.8 Å². The van der Waals surface area contributed by atoms with E-state index in [-0.39, 0.29) is 5.91 Å². The second-order valence-electron chi connectivity index (χ2n) is 7.75. The van der Waals surface area contributed by atoms with E-state index in [4.69, 9.17) is 19.8 Å². The Morgan fingerprint density at radius 1 is 0.706 bits per heavy atom. The highest BCUT2D eigenvalue weighted by Gasteiger charge is 2.22. The fourth-order valence-corrected chi connectivity index (χ4v) is 3.84. The van der Waals surface area contributed by atoms with Crippen molar-refractivity contribution in [1.82, 2.24) is 9.80 Å². The van der Waals surface area contributed by atoms with E-state index in [0.717, 1.165) is 48.3 Å². The average Bonchev–Trinajstić information content (AvgIpc) is 2.86. The fourth-order valence-electron chi connectivity index (χ4n) is 3.58. The van der Waals surface area contributed by atoms with Crippen molar-refractivity contribution in [2.75, 3.05) is 26.2 Å². The minimum atomic E-state index is -1.82. The molecule has 0 radical (unpaired) electrons. The molecular weight excluding hydrogens is 500 g/mol. The number of carbonyl (C=O) groups excluding carboxylic acids is 1. The molecule has 3 aromatic rings. The van der Waals surface area contributed by atoms with Crippen molar-refractivity contribution in [3.05, 3.63) is 94.5 Å². The van der Waals surface area contributed by atoms with Gasteiger partial charge in [-0.05, 0) is 41.0 Å². The van der Waals surface area contributed by atoms with Gasteiger partial charge in [-0.15, -0.1) is 0 Å². The number of nitrogens with zero attached hydrogens (tertiary/aromatic N) is 2. The summed E-state index contributed by atoms with van der Waals surface area (Å²) in [6, 6.07) is 26.6. The summed E-state index contributed by atoms with van der Waals surface area (Å²) in [7, 11) is 0. The van der Waals surface area contributed by atoms with E-state index in [9.17, 15) is 4.79 Å². The second kappa shape index (κ2) is 12.1. The van der Waals surface area contributed by atoms with Crippen LogP contribution in [0.25, 0.3) is 11.1 Å². The molecule has 2 N–H and O–H groups in total. The maximum Gasteiger partial charge on any atom is 0.414 e. The maximum absolute atomic E-state index is 12.9. The van der Waals surface area contributed by atoms with Gasteiger partial charge < -0.3 is 15.1 Å². The first-order valence-electron chi connectivity index (χ1n) is 10.7. The zero-order chi connectivity index (χ0) is 24.5. The highest BCUT2D eigenvalue weighted by molar-refractivity contribution is 9.10. The van der Waals surface area contributed by atoms with Crippen molar-refractivity contribution in [2.45, 2.75) is 6.54 Å². The first kappa shape index (κ1) is 25.1. The minimum Gasteiger partial charge on any atom is -0.473 e. The van der Waals surface area contributed by atoms with Crippen LogP contribution in [0.1, 0.15) is 15.9 Å². The van der Waals surface area contributed by atoms with E-state index in [1.807, 2.05) is 47.4 Å².